The van der Waals surface area contributed by atoms with Gasteiger partial charge in [-0.15, -0.1) is 6.42 Å². The van der Waals surface area contributed by atoms with Crippen LogP contribution in [0, 0.1) is 12.3 Å². The molecule has 1 aliphatic heterocycles. The van der Waals surface area contributed by atoms with Crippen molar-refractivity contribution in [2.24, 2.45) is 0 Å². The highest BCUT2D eigenvalue weighted by Crippen LogP contribution is 2.09. The van der Waals surface area contributed by atoms with Gasteiger partial charge in [0.1, 0.15) is 0 Å². The van der Waals surface area contributed by atoms with E-state index in [1.807, 2.05) is 0 Å². The van der Waals surface area contributed by atoms with Crippen molar-refractivity contribution in [3.63, 3.8) is 0 Å². The summed E-state index contributed by atoms with van der Waals surface area (Å²) in [6, 6.07) is 0.367. The van der Waals surface area contributed by atoms with Crippen LogP contribution in [-0.4, -0.2) is 49.1 Å². The Labute approximate surface area is 88.3 Å². The summed E-state index contributed by atoms with van der Waals surface area (Å²) < 4.78 is 0. The van der Waals surface area contributed by atoms with Crippen LogP contribution < -0.4 is 0 Å². The summed E-state index contributed by atoms with van der Waals surface area (Å²) >= 11 is 0. The molecule has 1 fully saturated rings. The summed E-state index contributed by atoms with van der Waals surface area (Å²) in [5, 5.41) is 0. The molecule has 0 saturated carbocycles. The molecule has 1 rings (SSSR count). The number of terminal acetylenes is 1. The minimum Gasteiger partial charge on any atom is -0.305 e. The molecule has 0 N–H and O–H groups in total. The third kappa shape index (κ3) is 3.32. The summed E-state index contributed by atoms with van der Waals surface area (Å²) in [5.74, 6) is 2.92. The van der Waals surface area contributed by atoms with Crippen molar-refractivity contribution in [1.29, 1.82) is 0 Å². The predicted molar refractivity (Wildman–Crippen MR) is 61.2 cm³/mol. The van der Waals surface area contributed by atoms with E-state index in [1.54, 1.807) is 0 Å². The van der Waals surface area contributed by atoms with Gasteiger partial charge in [-0.1, -0.05) is 19.3 Å². The highest BCUT2D eigenvalue weighted by Gasteiger charge is 2.18. The number of hydrogen-bond acceptors (Lipinski definition) is 2. The van der Waals surface area contributed by atoms with Gasteiger partial charge in [0.2, 0.25) is 0 Å². The number of hydrogen-bond donors (Lipinski definition) is 0. The fourth-order valence-electron chi connectivity index (χ4n) is 2.02. The minimum atomic E-state index is 0.367. The molecule has 0 bridgehead atoms. The summed E-state index contributed by atoms with van der Waals surface area (Å²) in [4.78, 5) is 4.85. The van der Waals surface area contributed by atoms with Crippen molar-refractivity contribution in [3.05, 3.63) is 0 Å². The van der Waals surface area contributed by atoms with Crippen LogP contribution in [0.25, 0.3) is 0 Å². The van der Waals surface area contributed by atoms with E-state index in [2.05, 4.69) is 29.7 Å². The molecule has 1 unspecified atom stereocenters. The van der Waals surface area contributed by atoms with Crippen LogP contribution in [0.2, 0.25) is 0 Å². The second-order valence-corrected chi connectivity index (χ2v) is 4.16. The molecule has 1 atom stereocenters. The molecule has 0 aliphatic carbocycles. The predicted octanol–water partition coefficient (Wildman–Crippen LogP) is 1.43. The zero-order chi connectivity index (χ0) is 10.4. The Kier molecular flexibility index (Phi) is 5.00. The van der Waals surface area contributed by atoms with Crippen LogP contribution in [0.5, 0.6) is 0 Å². The zero-order valence-corrected chi connectivity index (χ0v) is 9.50. The lowest BCUT2D eigenvalue weighted by molar-refractivity contribution is 0.231. The maximum Gasteiger partial charge on any atom is 0.0712 e. The Hall–Kier alpha value is -0.520. The van der Waals surface area contributed by atoms with Gasteiger partial charge in [-0.25, -0.2) is 0 Å². The molecule has 0 aromatic carbocycles. The highest BCUT2D eigenvalue weighted by atomic mass is 15.2. The second kappa shape index (κ2) is 6.06. The first-order valence-electron chi connectivity index (χ1n) is 5.66. The summed E-state index contributed by atoms with van der Waals surface area (Å²) in [7, 11) is 2.19. The van der Waals surface area contributed by atoms with Gasteiger partial charge in [-0.05, 0) is 26.4 Å². The number of likely N-dealkylation sites (N-methyl/N-ethyl adjacent to an activating group) is 1. The maximum absolute atomic E-state index is 5.57. The molecule has 2 heteroatoms. The second-order valence-electron chi connectivity index (χ2n) is 4.16. The van der Waals surface area contributed by atoms with Crippen molar-refractivity contribution in [2.45, 2.75) is 32.2 Å². The Bertz CT molecular complexity index is 195. The van der Waals surface area contributed by atoms with Crippen LogP contribution in [0.4, 0.5) is 0 Å². The van der Waals surface area contributed by atoms with E-state index in [0.29, 0.717) is 6.04 Å². The molecule has 1 saturated heterocycles. The summed E-state index contributed by atoms with van der Waals surface area (Å²) in [5.41, 5.74) is 0. The molecule has 0 amide bonds. The first-order chi connectivity index (χ1) is 6.77. The van der Waals surface area contributed by atoms with Gasteiger partial charge in [0.25, 0.3) is 0 Å². The van der Waals surface area contributed by atoms with Crippen LogP contribution in [-0.2, 0) is 0 Å². The Balaban J connectivity index is 2.45. The zero-order valence-electron chi connectivity index (χ0n) is 9.50. The van der Waals surface area contributed by atoms with Crippen molar-refractivity contribution in [3.8, 4) is 12.3 Å². The highest BCUT2D eigenvalue weighted by molar-refractivity contribution is 5.00. The maximum atomic E-state index is 5.57. The van der Waals surface area contributed by atoms with E-state index in [0.717, 1.165) is 19.5 Å². The molecule has 14 heavy (non-hydrogen) atoms. The topological polar surface area (TPSA) is 6.48 Å². The minimum absolute atomic E-state index is 0.367. The first kappa shape index (κ1) is 11.6. The van der Waals surface area contributed by atoms with Gasteiger partial charge < -0.3 is 4.90 Å². The van der Waals surface area contributed by atoms with Crippen molar-refractivity contribution < 1.29 is 0 Å². The van der Waals surface area contributed by atoms with Gasteiger partial charge in [0.05, 0.1) is 6.04 Å². The summed E-state index contributed by atoms with van der Waals surface area (Å²) in [6.45, 7) is 6.86. The monoisotopic (exact) mass is 194 g/mol. The fraction of sp³-hybridized carbons (Fsp3) is 0.833. The lowest BCUT2D eigenvalue weighted by Crippen LogP contribution is -2.37. The van der Waals surface area contributed by atoms with E-state index >= 15 is 0 Å². The third-order valence-electron chi connectivity index (χ3n) is 2.95. The molecule has 1 heterocycles. The Morgan fingerprint density at radius 3 is 2.71 bits per heavy atom. The van der Waals surface area contributed by atoms with E-state index in [9.17, 15) is 0 Å². The molecular weight excluding hydrogens is 172 g/mol. The molecular formula is C12H22N2. The SMILES string of the molecule is C#CC(CCC)N1CCCN(C)CC1. The molecule has 80 valence electrons. The lowest BCUT2D eigenvalue weighted by atomic mass is 10.1. The Morgan fingerprint density at radius 2 is 2.07 bits per heavy atom. The van der Waals surface area contributed by atoms with Crippen LogP contribution in [0.1, 0.15) is 26.2 Å². The van der Waals surface area contributed by atoms with Crippen LogP contribution >= 0.6 is 0 Å². The number of nitrogens with zero attached hydrogens (tertiary/aromatic N) is 2. The van der Waals surface area contributed by atoms with E-state index in [1.165, 1.54) is 25.9 Å². The van der Waals surface area contributed by atoms with Gasteiger partial charge in [0, 0.05) is 19.6 Å². The molecule has 0 aromatic rings. The first-order valence-corrected chi connectivity index (χ1v) is 5.66. The lowest BCUT2D eigenvalue weighted by Gasteiger charge is -2.26. The summed E-state index contributed by atoms with van der Waals surface area (Å²) in [6.07, 6.45) is 9.14. The van der Waals surface area contributed by atoms with E-state index in [4.69, 9.17) is 6.42 Å². The molecule has 1 aliphatic rings. The fourth-order valence-corrected chi connectivity index (χ4v) is 2.02. The van der Waals surface area contributed by atoms with Crippen molar-refractivity contribution in [2.75, 3.05) is 33.2 Å². The van der Waals surface area contributed by atoms with E-state index < -0.39 is 0 Å². The third-order valence-corrected chi connectivity index (χ3v) is 2.95. The van der Waals surface area contributed by atoms with Gasteiger partial charge in [0.15, 0.2) is 0 Å². The van der Waals surface area contributed by atoms with Crippen LogP contribution in [0.3, 0.4) is 0 Å². The smallest absolute Gasteiger partial charge is 0.0712 e. The standard InChI is InChI=1S/C12H22N2/c1-4-7-12(5-2)14-9-6-8-13(3)10-11-14/h2,12H,4,6-11H2,1,3H3. The normalized spacial score (nSPS) is 22.6. The molecule has 0 aromatic heterocycles. The Morgan fingerprint density at radius 1 is 1.29 bits per heavy atom. The largest absolute Gasteiger partial charge is 0.305 e. The average molecular weight is 194 g/mol. The molecule has 2 nitrogen and oxygen atoms in total. The van der Waals surface area contributed by atoms with Gasteiger partial charge in [-0.2, -0.15) is 0 Å². The van der Waals surface area contributed by atoms with Crippen LogP contribution in [0.15, 0.2) is 0 Å². The van der Waals surface area contributed by atoms with Crippen molar-refractivity contribution in [1.82, 2.24) is 9.80 Å². The number of rotatable bonds is 3. The van der Waals surface area contributed by atoms with E-state index in [-0.39, 0.29) is 0 Å². The van der Waals surface area contributed by atoms with Gasteiger partial charge >= 0.3 is 0 Å². The van der Waals surface area contributed by atoms with Crippen molar-refractivity contribution >= 4 is 0 Å². The average Bonchev–Trinajstić information content (AvgIpc) is 2.40. The molecule has 0 spiro atoms. The van der Waals surface area contributed by atoms with Gasteiger partial charge in [-0.3, -0.25) is 4.90 Å². The molecule has 0 radical (unpaired) electrons. The quantitative estimate of drug-likeness (QED) is 0.627.